The van der Waals surface area contributed by atoms with Crippen molar-refractivity contribution in [3.8, 4) is 0 Å². The monoisotopic (exact) mass is 245 g/mol. The fraction of sp³-hybridized carbons (Fsp3) is 0.667. The van der Waals surface area contributed by atoms with E-state index in [1.165, 1.54) is 28.4 Å². The summed E-state index contributed by atoms with van der Waals surface area (Å²) in [5.74, 6) is 0. The molecule has 0 spiro atoms. The second-order valence-electron chi connectivity index (χ2n) is 3.70. The third kappa shape index (κ3) is 1.98. The maximum absolute atomic E-state index is 12.2. The number of methoxy groups -OCH3 is 1. The van der Waals surface area contributed by atoms with Crippen LogP contribution in [0.15, 0.2) is 17.3 Å². The Balaban J connectivity index is 2.31. The molecule has 0 amide bonds. The van der Waals surface area contributed by atoms with Crippen molar-refractivity contribution in [1.29, 1.82) is 0 Å². The summed E-state index contributed by atoms with van der Waals surface area (Å²) < 4.78 is 32.2. The minimum atomic E-state index is -3.39. The van der Waals surface area contributed by atoms with Gasteiger partial charge in [0.2, 0.25) is 0 Å². The summed E-state index contributed by atoms with van der Waals surface area (Å²) in [4.78, 5) is 0. The van der Waals surface area contributed by atoms with E-state index in [0.29, 0.717) is 13.1 Å². The molecule has 0 N–H and O–H groups in total. The van der Waals surface area contributed by atoms with Gasteiger partial charge in [-0.25, -0.2) is 13.1 Å². The predicted molar refractivity (Wildman–Crippen MR) is 57.2 cm³/mol. The van der Waals surface area contributed by atoms with Crippen molar-refractivity contribution >= 4 is 10.0 Å². The molecule has 0 saturated carbocycles. The molecule has 1 aromatic rings. The molecule has 7 heteroatoms. The minimum Gasteiger partial charge on any atom is -0.362 e. The molecule has 0 aromatic carbocycles. The molecule has 0 atom stereocenters. The van der Waals surface area contributed by atoms with Gasteiger partial charge in [0, 0.05) is 20.2 Å². The van der Waals surface area contributed by atoms with Crippen LogP contribution in [0.1, 0.15) is 12.8 Å². The predicted octanol–water partition coefficient (Wildman–Crippen LogP) is 0.271. The van der Waals surface area contributed by atoms with Crippen LogP contribution in [0.5, 0.6) is 0 Å². The molecular formula is C9H15N3O3S. The van der Waals surface area contributed by atoms with Gasteiger partial charge in [-0.1, -0.05) is 0 Å². The number of ether oxygens (including phenoxy) is 1. The van der Waals surface area contributed by atoms with Crippen molar-refractivity contribution in [2.45, 2.75) is 24.6 Å². The molecule has 2 rings (SSSR count). The van der Waals surface area contributed by atoms with E-state index in [1.807, 2.05) is 0 Å². The first-order valence-corrected chi connectivity index (χ1v) is 6.61. The van der Waals surface area contributed by atoms with Crippen molar-refractivity contribution in [1.82, 2.24) is 14.1 Å². The smallest absolute Gasteiger partial charge is 0.260 e. The topological polar surface area (TPSA) is 64.4 Å². The maximum Gasteiger partial charge on any atom is 0.260 e. The van der Waals surface area contributed by atoms with Gasteiger partial charge in [-0.05, 0) is 18.9 Å². The van der Waals surface area contributed by atoms with Crippen LogP contribution in [-0.4, -0.2) is 42.7 Å². The van der Waals surface area contributed by atoms with Gasteiger partial charge in [-0.2, -0.15) is 9.40 Å². The van der Waals surface area contributed by atoms with Crippen molar-refractivity contribution in [3.63, 3.8) is 0 Å². The lowest BCUT2D eigenvalue weighted by Gasteiger charge is -2.15. The van der Waals surface area contributed by atoms with Gasteiger partial charge < -0.3 is 4.74 Å². The summed E-state index contributed by atoms with van der Waals surface area (Å²) >= 11 is 0. The van der Waals surface area contributed by atoms with Crippen LogP contribution in [0.25, 0.3) is 0 Å². The van der Waals surface area contributed by atoms with Crippen LogP contribution in [-0.2, 0) is 21.5 Å². The van der Waals surface area contributed by atoms with Crippen LogP contribution in [0.3, 0.4) is 0 Å². The number of aromatic nitrogens is 2. The number of rotatable bonds is 4. The first kappa shape index (κ1) is 11.6. The highest BCUT2D eigenvalue weighted by Crippen LogP contribution is 2.20. The quantitative estimate of drug-likeness (QED) is 0.764. The van der Waals surface area contributed by atoms with E-state index in [-0.39, 0.29) is 11.8 Å². The van der Waals surface area contributed by atoms with Gasteiger partial charge >= 0.3 is 0 Å². The van der Waals surface area contributed by atoms with Crippen molar-refractivity contribution in [2.24, 2.45) is 0 Å². The van der Waals surface area contributed by atoms with Crippen LogP contribution in [0, 0.1) is 0 Å². The van der Waals surface area contributed by atoms with E-state index >= 15 is 0 Å². The van der Waals surface area contributed by atoms with E-state index in [9.17, 15) is 8.42 Å². The third-order valence-corrected chi connectivity index (χ3v) is 4.52. The Labute approximate surface area is 94.9 Å². The average molecular weight is 245 g/mol. The first-order chi connectivity index (χ1) is 7.66. The maximum atomic E-state index is 12.2. The number of nitrogens with zero attached hydrogens (tertiary/aromatic N) is 3. The molecule has 0 radical (unpaired) electrons. The summed E-state index contributed by atoms with van der Waals surface area (Å²) in [6.45, 7) is 1.34. The van der Waals surface area contributed by atoms with E-state index in [4.69, 9.17) is 4.74 Å². The lowest BCUT2D eigenvalue weighted by atomic mass is 10.4. The van der Waals surface area contributed by atoms with Gasteiger partial charge in [0.05, 0.1) is 6.20 Å². The van der Waals surface area contributed by atoms with E-state index < -0.39 is 10.0 Å². The Morgan fingerprint density at radius 1 is 1.44 bits per heavy atom. The zero-order valence-corrected chi connectivity index (χ0v) is 9.98. The third-order valence-electron chi connectivity index (χ3n) is 2.60. The number of sulfonamides is 1. The van der Waals surface area contributed by atoms with Crippen LogP contribution < -0.4 is 0 Å². The highest BCUT2D eigenvalue weighted by molar-refractivity contribution is 7.89. The molecule has 6 nitrogen and oxygen atoms in total. The van der Waals surface area contributed by atoms with Crippen molar-refractivity contribution in [2.75, 3.05) is 20.2 Å². The van der Waals surface area contributed by atoms with Gasteiger partial charge in [0.25, 0.3) is 10.0 Å². The normalized spacial score (nSPS) is 18.1. The highest BCUT2D eigenvalue weighted by Gasteiger charge is 2.29. The largest absolute Gasteiger partial charge is 0.362 e. The van der Waals surface area contributed by atoms with Crippen LogP contribution in [0.2, 0.25) is 0 Å². The van der Waals surface area contributed by atoms with Crippen molar-refractivity contribution < 1.29 is 13.2 Å². The van der Waals surface area contributed by atoms with Gasteiger partial charge in [-0.3, -0.25) is 0 Å². The standard InChI is InChI=1S/C9H15N3O3S/c1-15-8-12-9(4-5-10-12)16(13,14)11-6-2-3-7-11/h4-5H,2-3,6-8H2,1H3. The number of hydrogen-bond donors (Lipinski definition) is 0. The zero-order chi connectivity index (χ0) is 11.6. The molecule has 0 aliphatic carbocycles. The Morgan fingerprint density at radius 3 is 2.75 bits per heavy atom. The molecule has 90 valence electrons. The van der Waals surface area contributed by atoms with E-state index in [2.05, 4.69) is 5.10 Å². The fourth-order valence-corrected chi connectivity index (χ4v) is 3.42. The summed E-state index contributed by atoms with van der Waals surface area (Å²) in [6, 6.07) is 1.51. The molecule has 0 unspecified atom stereocenters. The van der Waals surface area contributed by atoms with Crippen LogP contribution >= 0.6 is 0 Å². The molecule has 1 aliphatic heterocycles. The lowest BCUT2D eigenvalue weighted by Crippen LogP contribution is -2.30. The van der Waals surface area contributed by atoms with Crippen molar-refractivity contribution in [3.05, 3.63) is 12.3 Å². The first-order valence-electron chi connectivity index (χ1n) is 5.17. The second-order valence-corrected chi connectivity index (χ2v) is 5.58. The van der Waals surface area contributed by atoms with Gasteiger partial charge in [0.1, 0.15) is 6.73 Å². The summed E-state index contributed by atoms with van der Waals surface area (Å²) in [5, 5.41) is 4.13. The Hall–Kier alpha value is -0.920. The molecule has 1 saturated heterocycles. The summed E-state index contributed by atoms with van der Waals surface area (Å²) in [7, 11) is -1.89. The van der Waals surface area contributed by atoms with Gasteiger partial charge in [-0.15, -0.1) is 0 Å². The molecule has 2 heterocycles. The molecular weight excluding hydrogens is 230 g/mol. The highest BCUT2D eigenvalue weighted by atomic mass is 32.2. The summed E-state index contributed by atoms with van der Waals surface area (Å²) in [5.41, 5.74) is 0. The summed E-state index contributed by atoms with van der Waals surface area (Å²) in [6.07, 6.45) is 3.33. The second kappa shape index (κ2) is 4.52. The molecule has 1 aromatic heterocycles. The fourth-order valence-electron chi connectivity index (χ4n) is 1.82. The molecule has 1 aliphatic rings. The average Bonchev–Trinajstić information content (AvgIpc) is 2.88. The van der Waals surface area contributed by atoms with E-state index in [0.717, 1.165) is 12.8 Å². The Morgan fingerprint density at radius 2 is 2.12 bits per heavy atom. The Bertz CT molecular complexity index is 448. The molecule has 0 bridgehead atoms. The molecule has 16 heavy (non-hydrogen) atoms. The van der Waals surface area contributed by atoms with Crippen LogP contribution in [0.4, 0.5) is 0 Å². The SMILES string of the molecule is COCn1nccc1S(=O)(=O)N1CCCC1. The van der Waals surface area contributed by atoms with E-state index in [1.54, 1.807) is 0 Å². The molecule has 1 fully saturated rings. The zero-order valence-electron chi connectivity index (χ0n) is 9.16. The minimum absolute atomic E-state index is 0.148. The van der Waals surface area contributed by atoms with Gasteiger partial charge in [0.15, 0.2) is 5.03 Å². The Kier molecular flexibility index (Phi) is 3.27. The number of hydrogen-bond acceptors (Lipinski definition) is 4. The lowest BCUT2D eigenvalue weighted by molar-refractivity contribution is 0.112.